The standard InChI is InChI=1S/C22H21ClN4O2/c1-14-15(2)27(13-16-7-9-19(29-3)10-8-16)21(20(14)12-24)26-22(28)25-18-6-4-5-17(23)11-18/h4-11H,13H2,1-3H3,(H2,25,26,28). The fourth-order valence-electron chi connectivity index (χ4n) is 3.08. The Morgan fingerprint density at radius 3 is 2.52 bits per heavy atom. The Kier molecular flexibility index (Phi) is 6.10. The number of anilines is 2. The maximum atomic E-state index is 12.6. The first-order valence-corrected chi connectivity index (χ1v) is 9.37. The number of aromatic nitrogens is 1. The number of amides is 2. The van der Waals surface area contributed by atoms with Crippen molar-refractivity contribution in [3.8, 4) is 11.8 Å². The molecular formula is C22H21ClN4O2. The molecule has 0 saturated carbocycles. The number of benzene rings is 2. The van der Waals surface area contributed by atoms with E-state index in [0.29, 0.717) is 28.6 Å². The summed E-state index contributed by atoms with van der Waals surface area (Å²) >= 11 is 5.97. The summed E-state index contributed by atoms with van der Waals surface area (Å²) in [6.07, 6.45) is 0. The maximum Gasteiger partial charge on any atom is 0.324 e. The number of hydrogen-bond acceptors (Lipinski definition) is 3. The molecule has 0 aliphatic rings. The molecule has 1 heterocycles. The minimum Gasteiger partial charge on any atom is -0.497 e. The van der Waals surface area contributed by atoms with Gasteiger partial charge in [-0.25, -0.2) is 4.79 Å². The molecule has 2 amide bonds. The molecule has 29 heavy (non-hydrogen) atoms. The summed E-state index contributed by atoms with van der Waals surface area (Å²) in [6, 6.07) is 16.3. The van der Waals surface area contributed by atoms with Gasteiger partial charge in [-0.3, -0.25) is 5.32 Å². The lowest BCUT2D eigenvalue weighted by Crippen LogP contribution is -2.22. The van der Waals surface area contributed by atoms with Gasteiger partial charge in [-0.2, -0.15) is 5.26 Å². The van der Waals surface area contributed by atoms with E-state index in [1.54, 1.807) is 31.4 Å². The molecule has 0 unspecified atom stereocenters. The van der Waals surface area contributed by atoms with Gasteiger partial charge in [0.2, 0.25) is 0 Å². The van der Waals surface area contributed by atoms with Crippen molar-refractivity contribution in [3.63, 3.8) is 0 Å². The highest BCUT2D eigenvalue weighted by molar-refractivity contribution is 6.30. The summed E-state index contributed by atoms with van der Waals surface area (Å²) in [4.78, 5) is 12.6. The Bertz CT molecular complexity index is 1080. The van der Waals surface area contributed by atoms with Crippen LogP contribution in [0.2, 0.25) is 5.02 Å². The topological polar surface area (TPSA) is 79.1 Å². The minimum absolute atomic E-state index is 0.442. The van der Waals surface area contributed by atoms with Gasteiger partial charge in [0.25, 0.3) is 0 Å². The second kappa shape index (κ2) is 8.72. The predicted molar refractivity (Wildman–Crippen MR) is 115 cm³/mol. The zero-order chi connectivity index (χ0) is 21.0. The van der Waals surface area contributed by atoms with E-state index >= 15 is 0 Å². The average Bonchev–Trinajstić information content (AvgIpc) is 2.92. The Balaban J connectivity index is 1.89. The number of carbonyl (C=O) groups is 1. The number of nitrogens with one attached hydrogen (secondary N) is 2. The molecule has 6 nitrogen and oxygen atoms in total. The lowest BCUT2D eigenvalue weighted by Gasteiger charge is -2.14. The van der Waals surface area contributed by atoms with Gasteiger partial charge < -0.3 is 14.6 Å². The van der Waals surface area contributed by atoms with Crippen molar-refractivity contribution >= 4 is 29.1 Å². The Morgan fingerprint density at radius 2 is 1.90 bits per heavy atom. The van der Waals surface area contributed by atoms with Crippen LogP contribution in [-0.4, -0.2) is 17.7 Å². The van der Waals surface area contributed by atoms with Gasteiger partial charge in [0, 0.05) is 22.9 Å². The van der Waals surface area contributed by atoms with E-state index in [-0.39, 0.29) is 0 Å². The van der Waals surface area contributed by atoms with Gasteiger partial charge >= 0.3 is 6.03 Å². The van der Waals surface area contributed by atoms with Gasteiger partial charge in [0.1, 0.15) is 17.6 Å². The van der Waals surface area contributed by atoms with Gasteiger partial charge in [-0.1, -0.05) is 29.8 Å². The first-order valence-electron chi connectivity index (χ1n) is 8.99. The van der Waals surface area contributed by atoms with Gasteiger partial charge in [0.15, 0.2) is 0 Å². The molecule has 0 bridgehead atoms. The number of nitrogens with zero attached hydrogens (tertiary/aromatic N) is 2. The van der Waals surface area contributed by atoms with Gasteiger partial charge in [-0.05, 0) is 55.3 Å². The van der Waals surface area contributed by atoms with E-state index in [9.17, 15) is 10.1 Å². The van der Waals surface area contributed by atoms with E-state index in [1.807, 2.05) is 42.7 Å². The third kappa shape index (κ3) is 4.53. The van der Waals surface area contributed by atoms with Crippen LogP contribution in [0.3, 0.4) is 0 Å². The molecule has 1 aromatic heterocycles. The normalized spacial score (nSPS) is 10.3. The van der Waals surface area contributed by atoms with Crippen molar-refractivity contribution in [2.24, 2.45) is 0 Å². The van der Waals surface area contributed by atoms with Crippen LogP contribution in [0.5, 0.6) is 5.75 Å². The maximum absolute atomic E-state index is 12.6. The third-order valence-corrected chi connectivity index (χ3v) is 4.99. The lowest BCUT2D eigenvalue weighted by molar-refractivity contribution is 0.262. The Morgan fingerprint density at radius 1 is 1.17 bits per heavy atom. The molecule has 148 valence electrons. The highest BCUT2D eigenvalue weighted by Gasteiger charge is 2.20. The van der Waals surface area contributed by atoms with E-state index in [1.165, 1.54) is 0 Å². The SMILES string of the molecule is COc1ccc(Cn2c(C)c(C)c(C#N)c2NC(=O)Nc2cccc(Cl)c2)cc1. The monoisotopic (exact) mass is 408 g/mol. The van der Waals surface area contributed by atoms with Crippen molar-refractivity contribution in [2.45, 2.75) is 20.4 Å². The summed E-state index contributed by atoms with van der Waals surface area (Å²) in [5.41, 5.74) is 3.77. The number of nitriles is 1. The molecule has 3 rings (SSSR count). The fourth-order valence-corrected chi connectivity index (χ4v) is 3.27. The van der Waals surface area contributed by atoms with Crippen LogP contribution in [0.4, 0.5) is 16.3 Å². The second-order valence-electron chi connectivity index (χ2n) is 6.57. The second-order valence-corrected chi connectivity index (χ2v) is 7.01. The number of rotatable bonds is 5. The molecule has 2 aromatic carbocycles. The molecule has 0 spiro atoms. The van der Waals surface area contributed by atoms with Crippen LogP contribution >= 0.6 is 11.6 Å². The number of halogens is 1. The number of ether oxygens (including phenoxy) is 1. The first kappa shape index (κ1) is 20.3. The number of methoxy groups -OCH3 is 1. The Labute approximate surface area is 174 Å². The van der Waals surface area contributed by atoms with Crippen molar-refractivity contribution in [1.82, 2.24) is 4.57 Å². The summed E-state index contributed by atoms with van der Waals surface area (Å²) in [7, 11) is 1.62. The van der Waals surface area contributed by atoms with Gasteiger partial charge in [0.05, 0.1) is 12.7 Å². The summed E-state index contributed by atoms with van der Waals surface area (Å²) in [5, 5.41) is 15.7. The zero-order valence-corrected chi connectivity index (χ0v) is 17.2. The van der Waals surface area contributed by atoms with E-state index in [4.69, 9.17) is 16.3 Å². The van der Waals surface area contributed by atoms with Crippen molar-refractivity contribution in [3.05, 3.63) is 75.9 Å². The van der Waals surface area contributed by atoms with E-state index in [2.05, 4.69) is 16.7 Å². The lowest BCUT2D eigenvalue weighted by atomic mass is 10.2. The predicted octanol–water partition coefficient (Wildman–Crippen LogP) is 5.33. The summed E-state index contributed by atoms with van der Waals surface area (Å²) < 4.78 is 7.12. The third-order valence-electron chi connectivity index (χ3n) is 4.76. The molecule has 3 aromatic rings. The highest BCUT2D eigenvalue weighted by atomic mass is 35.5. The summed E-state index contributed by atoms with van der Waals surface area (Å²) in [6.45, 7) is 4.31. The zero-order valence-electron chi connectivity index (χ0n) is 16.4. The van der Waals surface area contributed by atoms with Crippen LogP contribution in [-0.2, 0) is 6.54 Å². The number of carbonyl (C=O) groups excluding carboxylic acids is 1. The van der Waals surface area contributed by atoms with Crippen LogP contribution in [0.1, 0.15) is 22.4 Å². The van der Waals surface area contributed by atoms with E-state index < -0.39 is 6.03 Å². The molecule has 0 saturated heterocycles. The van der Waals surface area contributed by atoms with Crippen molar-refractivity contribution in [2.75, 3.05) is 17.7 Å². The molecule has 0 fully saturated rings. The quantitative estimate of drug-likeness (QED) is 0.598. The smallest absolute Gasteiger partial charge is 0.324 e. The Hall–Kier alpha value is -3.43. The minimum atomic E-state index is -0.447. The largest absolute Gasteiger partial charge is 0.497 e. The van der Waals surface area contributed by atoms with Crippen LogP contribution in [0.15, 0.2) is 48.5 Å². The molecule has 0 atom stereocenters. The molecule has 0 aliphatic carbocycles. The number of urea groups is 1. The molecule has 7 heteroatoms. The van der Waals surface area contributed by atoms with Crippen LogP contribution in [0, 0.1) is 25.2 Å². The van der Waals surface area contributed by atoms with E-state index in [0.717, 1.165) is 22.6 Å². The molecular weight excluding hydrogens is 388 g/mol. The molecule has 0 aliphatic heterocycles. The van der Waals surface area contributed by atoms with Crippen LogP contribution in [0.25, 0.3) is 0 Å². The van der Waals surface area contributed by atoms with Crippen LogP contribution < -0.4 is 15.4 Å². The molecule has 2 N–H and O–H groups in total. The van der Waals surface area contributed by atoms with Crippen molar-refractivity contribution < 1.29 is 9.53 Å². The van der Waals surface area contributed by atoms with Crippen molar-refractivity contribution in [1.29, 1.82) is 5.26 Å². The average molecular weight is 409 g/mol. The van der Waals surface area contributed by atoms with Gasteiger partial charge in [-0.15, -0.1) is 0 Å². The summed E-state index contributed by atoms with van der Waals surface area (Å²) in [5.74, 6) is 1.23. The molecule has 0 radical (unpaired) electrons. The fraction of sp³-hybridized carbons (Fsp3) is 0.182. The highest BCUT2D eigenvalue weighted by Crippen LogP contribution is 2.28. The first-order chi connectivity index (χ1) is 13.9. The number of hydrogen-bond donors (Lipinski definition) is 2.